The number of hydrogen-bond donors (Lipinski definition) is 2. The summed E-state index contributed by atoms with van der Waals surface area (Å²) < 4.78 is 5.34. The van der Waals surface area contributed by atoms with E-state index >= 15 is 0 Å². The number of rotatable bonds is 4. The van der Waals surface area contributed by atoms with E-state index in [0.29, 0.717) is 6.04 Å². The first-order chi connectivity index (χ1) is 8.76. The van der Waals surface area contributed by atoms with Crippen molar-refractivity contribution in [1.82, 2.24) is 0 Å². The minimum atomic E-state index is -0.0890. The summed E-state index contributed by atoms with van der Waals surface area (Å²) in [5, 5.41) is 6.38. The van der Waals surface area contributed by atoms with Gasteiger partial charge in [-0.05, 0) is 43.4 Å². The first kappa shape index (κ1) is 11.4. The normalized spacial score (nSPS) is 19.5. The molecule has 0 aromatic heterocycles. The average molecular weight is 246 g/mol. The summed E-state index contributed by atoms with van der Waals surface area (Å²) in [6.45, 7) is 2.32. The number of fused-ring (bicyclic) bond motifs is 1. The van der Waals surface area contributed by atoms with E-state index in [9.17, 15) is 4.79 Å². The second-order valence-corrected chi connectivity index (χ2v) is 5.04. The highest BCUT2D eigenvalue weighted by molar-refractivity contribution is 5.96. The van der Waals surface area contributed by atoms with Crippen LogP contribution in [-0.2, 0) is 4.79 Å². The Balaban J connectivity index is 1.76. The Morgan fingerprint density at radius 1 is 1.50 bits per heavy atom. The predicted octanol–water partition coefficient (Wildman–Crippen LogP) is 2.62. The van der Waals surface area contributed by atoms with Crippen LogP contribution in [0.5, 0.6) is 5.75 Å². The minimum absolute atomic E-state index is 0.0890. The molecule has 1 aliphatic carbocycles. The molecule has 1 heterocycles. The van der Waals surface area contributed by atoms with E-state index in [2.05, 4.69) is 17.6 Å². The molecule has 1 unspecified atom stereocenters. The topological polar surface area (TPSA) is 50.4 Å². The van der Waals surface area contributed by atoms with Gasteiger partial charge in [-0.1, -0.05) is 6.92 Å². The zero-order valence-corrected chi connectivity index (χ0v) is 10.5. The van der Waals surface area contributed by atoms with Crippen LogP contribution in [0.25, 0.3) is 0 Å². The maximum absolute atomic E-state index is 11.3. The number of anilines is 2. The molecule has 0 spiro atoms. The van der Waals surface area contributed by atoms with E-state index in [1.165, 1.54) is 12.8 Å². The van der Waals surface area contributed by atoms with Crippen LogP contribution in [0.1, 0.15) is 26.2 Å². The van der Waals surface area contributed by atoms with Crippen LogP contribution in [0, 0.1) is 5.92 Å². The molecule has 0 bridgehead atoms. The summed E-state index contributed by atoms with van der Waals surface area (Å²) >= 11 is 0. The van der Waals surface area contributed by atoms with Crippen molar-refractivity contribution >= 4 is 17.3 Å². The van der Waals surface area contributed by atoms with Crippen molar-refractivity contribution < 1.29 is 9.53 Å². The number of carbonyl (C=O) groups is 1. The molecule has 96 valence electrons. The standard InChI is InChI=1S/C14H18N2O2/c1-2-11(9-3-4-9)15-10-5-6-13-12(7-10)16-14(17)8-18-13/h5-7,9,11,15H,2-4,8H2,1H3,(H,16,17). The first-order valence-corrected chi connectivity index (χ1v) is 6.59. The van der Waals surface area contributed by atoms with Crippen molar-refractivity contribution in [2.45, 2.75) is 32.2 Å². The van der Waals surface area contributed by atoms with Gasteiger partial charge in [-0.25, -0.2) is 0 Å². The van der Waals surface area contributed by atoms with Gasteiger partial charge in [-0.2, -0.15) is 0 Å². The van der Waals surface area contributed by atoms with Crippen LogP contribution in [-0.4, -0.2) is 18.6 Å². The van der Waals surface area contributed by atoms with E-state index in [0.717, 1.165) is 29.5 Å². The Hall–Kier alpha value is -1.71. The van der Waals surface area contributed by atoms with Crippen LogP contribution >= 0.6 is 0 Å². The fraction of sp³-hybridized carbons (Fsp3) is 0.500. The number of ether oxygens (including phenoxy) is 1. The van der Waals surface area contributed by atoms with E-state index in [1.807, 2.05) is 18.2 Å². The van der Waals surface area contributed by atoms with Gasteiger partial charge in [0.05, 0.1) is 5.69 Å². The third-order valence-corrected chi connectivity index (χ3v) is 3.60. The second-order valence-electron chi connectivity index (χ2n) is 5.04. The van der Waals surface area contributed by atoms with Crippen molar-refractivity contribution in [3.8, 4) is 5.75 Å². The van der Waals surface area contributed by atoms with Gasteiger partial charge in [0, 0.05) is 11.7 Å². The molecular weight excluding hydrogens is 228 g/mol. The summed E-state index contributed by atoms with van der Waals surface area (Å²) in [6.07, 6.45) is 3.79. The molecule has 4 nitrogen and oxygen atoms in total. The van der Waals surface area contributed by atoms with Gasteiger partial charge < -0.3 is 15.4 Å². The average Bonchev–Trinajstić information content (AvgIpc) is 3.19. The van der Waals surface area contributed by atoms with Gasteiger partial charge in [-0.15, -0.1) is 0 Å². The van der Waals surface area contributed by atoms with Crippen LogP contribution < -0.4 is 15.4 Å². The third kappa shape index (κ3) is 2.28. The summed E-state index contributed by atoms with van der Waals surface area (Å²) in [6, 6.07) is 6.43. The highest BCUT2D eigenvalue weighted by Gasteiger charge is 2.30. The number of amides is 1. The summed E-state index contributed by atoms with van der Waals surface area (Å²) in [5.74, 6) is 1.48. The van der Waals surface area contributed by atoms with Crippen LogP contribution in [0.3, 0.4) is 0 Å². The van der Waals surface area contributed by atoms with Crippen LogP contribution in [0.2, 0.25) is 0 Å². The van der Waals surface area contributed by atoms with Gasteiger partial charge in [-0.3, -0.25) is 4.79 Å². The Morgan fingerprint density at radius 3 is 3.06 bits per heavy atom. The molecule has 4 heteroatoms. The number of hydrogen-bond acceptors (Lipinski definition) is 3. The predicted molar refractivity (Wildman–Crippen MR) is 71.0 cm³/mol. The van der Waals surface area contributed by atoms with Gasteiger partial charge in [0.25, 0.3) is 5.91 Å². The summed E-state index contributed by atoms with van der Waals surface area (Å²) in [5.41, 5.74) is 1.82. The maximum atomic E-state index is 11.3. The zero-order chi connectivity index (χ0) is 12.5. The van der Waals surface area contributed by atoms with E-state index in [4.69, 9.17) is 4.74 Å². The van der Waals surface area contributed by atoms with Gasteiger partial charge in [0.1, 0.15) is 5.75 Å². The molecule has 1 saturated carbocycles. The van der Waals surface area contributed by atoms with Gasteiger partial charge >= 0.3 is 0 Å². The van der Waals surface area contributed by atoms with Gasteiger partial charge in [0.15, 0.2) is 6.61 Å². The van der Waals surface area contributed by atoms with E-state index in [-0.39, 0.29) is 12.5 Å². The maximum Gasteiger partial charge on any atom is 0.262 e. The molecule has 3 rings (SSSR count). The lowest BCUT2D eigenvalue weighted by Gasteiger charge is -2.21. The molecule has 0 saturated heterocycles. The highest BCUT2D eigenvalue weighted by atomic mass is 16.5. The smallest absolute Gasteiger partial charge is 0.262 e. The molecule has 1 aliphatic heterocycles. The molecule has 18 heavy (non-hydrogen) atoms. The lowest BCUT2D eigenvalue weighted by molar-refractivity contribution is -0.118. The quantitative estimate of drug-likeness (QED) is 0.858. The minimum Gasteiger partial charge on any atom is -0.482 e. The second kappa shape index (κ2) is 4.52. The van der Waals surface area contributed by atoms with Crippen molar-refractivity contribution in [2.75, 3.05) is 17.2 Å². The Labute approximate surface area is 107 Å². The number of carbonyl (C=O) groups excluding carboxylic acids is 1. The summed E-state index contributed by atoms with van der Waals surface area (Å²) in [7, 11) is 0. The first-order valence-electron chi connectivity index (χ1n) is 6.59. The molecular formula is C14H18N2O2. The number of benzene rings is 1. The monoisotopic (exact) mass is 246 g/mol. The van der Waals surface area contributed by atoms with Crippen molar-refractivity contribution in [3.05, 3.63) is 18.2 Å². The van der Waals surface area contributed by atoms with Crippen LogP contribution in [0.4, 0.5) is 11.4 Å². The van der Waals surface area contributed by atoms with Crippen molar-refractivity contribution in [2.24, 2.45) is 5.92 Å². The SMILES string of the molecule is CCC(Nc1ccc2c(c1)NC(=O)CO2)C1CC1. The number of nitrogens with one attached hydrogen (secondary N) is 2. The fourth-order valence-corrected chi connectivity index (χ4v) is 2.44. The third-order valence-electron chi connectivity index (χ3n) is 3.60. The lowest BCUT2D eigenvalue weighted by atomic mass is 10.1. The molecule has 2 aliphatic rings. The molecule has 2 N–H and O–H groups in total. The van der Waals surface area contributed by atoms with Crippen LogP contribution in [0.15, 0.2) is 18.2 Å². The lowest BCUT2D eigenvalue weighted by Crippen LogP contribution is -2.26. The molecule has 1 amide bonds. The van der Waals surface area contributed by atoms with E-state index in [1.54, 1.807) is 0 Å². The van der Waals surface area contributed by atoms with Crippen molar-refractivity contribution in [1.29, 1.82) is 0 Å². The molecule has 0 radical (unpaired) electrons. The highest BCUT2D eigenvalue weighted by Crippen LogP contribution is 2.37. The van der Waals surface area contributed by atoms with E-state index < -0.39 is 0 Å². The fourth-order valence-electron chi connectivity index (χ4n) is 2.44. The zero-order valence-electron chi connectivity index (χ0n) is 10.5. The summed E-state index contributed by atoms with van der Waals surface area (Å²) in [4.78, 5) is 11.3. The Kier molecular flexibility index (Phi) is 2.86. The molecule has 1 aromatic rings. The largest absolute Gasteiger partial charge is 0.482 e. The Bertz CT molecular complexity index is 469. The Morgan fingerprint density at radius 2 is 2.33 bits per heavy atom. The molecule has 1 aromatic carbocycles. The molecule has 1 atom stereocenters. The van der Waals surface area contributed by atoms with Crippen molar-refractivity contribution in [3.63, 3.8) is 0 Å². The molecule has 1 fully saturated rings. The van der Waals surface area contributed by atoms with Gasteiger partial charge in [0.2, 0.25) is 0 Å².